The minimum Gasteiger partial charge on any atom is -0.277 e. The first-order valence-electron chi connectivity index (χ1n) is 19.4. The van der Waals surface area contributed by atoms with E-state index in [0.717, 1.165) is 38.8 Å². The predicted molar refractivity (Wildman–Crippen MR) is 235 cm³/mol. The fourth-order valence-corrected chi connectivity index (χ4v) is 9.67. The molecule has 0 bridgehead atoms. The van der Waals surface area contributed by atoms with E-state index in [9.17, 15) is 0 Å². The first kappa shape index (κ1) is 31.3. The van der Waals surface area contributed by atoms with Crippen LogP contribution in [0.3, 0.4) is 0 Å². The summed E-state index contributed by atoms with van der Waals surface area (Å²) in [6.07, 6.45) is 0. The Morgan fingerprint density at radius 2 is 1.07 bits per heavy atom. The van der Waals surface area contributed by atoms with Crippen molar-refractivity contribution in [1.29, 1.82) is 0 Å². The van der Waals surface area contributed by atoms with Gasteiger partial charge in [0.2, 0.25) is 5.95 Å². The quantitative estimate of drug-likeness (QED) is 0.182. The molecule has 11 aromatic rings. The number of hydrogen-bond acceptors (Lipinski definition) is 2. The second kappa shape index (κ2) is 11.5. The van der Waals surface area contributed by atoms with Crippen molar-refractivity contribution in [3.05, 3.63) is 187 Å². The number of aromatic nitrogens is 3. The van der Waals surface area contributed by atoms with E-state index in [4.69, 9.17) is 9.97 Å². The number of hydrogen-bond donors (Lipinski definition) is 0. The van der Waals surface area contributed by atoms with Gasteiger partial charge >= 0.3 is 0 Å². The Morgan fingerprint density at radius 3 is 1.91 bits per heavy atom. The van der Waals surface area contributed by atoms with Crippen molar-refractivity contribution >= 4 is 65.0 Å². The van der Waals surface area contributed by atoms with Gasteiger partial charge in [0.1, 0.15) is 0 Å². The van der Waals surface area contributed by atoms with E-state index in [-0.39, 0.29) is 5.41 Å². The molecule has 12 rings (SSSR count). The summed E-state index contributed by atoms with van der Waals surface area (Å²) < 4.78 is 2.33. The molecule has 9 aromatic carbocycles. The third-order valence-corrected chi connectivity index (χ3v) is 12.4. The van der Waals surface area contributed by atoms with Crippen molar-refractivity contribution in [3.63, 3.8) is 0 Å². The average Bonchev–Trinajstić information content (AvgIpc) is 3.69. The fourth-order valence-electron chi connectivity index (χ4n) is 9.67. The van der Waals surface area contributed by atoms with Gasteiger partial charge in [-0.05, 0) is 84.4 Å². The largest absolute Gasteiger partial charge is 0.277 e. The Hall–Kier alpha value is -7.10. The van der Waals surface area contributed by atoms with Gasteiger partial charge in [-0.15, -0.1) is 0 Å². The maximum atomic E-state index is 5.57. The molecule has 0 saturated carbocycles. The Morgan fingerprint density at radius 1 is 0.429 bits per heavy atom. The van der Waals surface area contributed by atoms with Crippen LogP contribution in [0.1, 0.15) is 25.0 Å². The van der Waals surface area contributed by atoms with Crippen LogP contribution >= 0.6 is 0 Å². The summed E-state index contributed by atoms with van der Waals surface area (Å²) in [6, 6.07) is 64.1. The van der Waals surface area contributed by atoms with E-state index in [1.54, 1.807) is 0 Å². The summed E-state index contributed by atoms with van der Waals surface area (Å²) in [5, 5.41) is 10.8. The lowest BCUT2D eigenvalue weighted by molar-refractivity contribution is 0.661. The lowest BCUT2D eigenvalue weighted by Gasteiger charge is -2.22. The van der Waals surface area contributed by atoms with Gasteiger partial charge in [-0.1, -0.05) is 166 Å². The summed E-state index contributed by atoms with van der Waals surface area (Å²) in [6.45, 7) is 4.74. The molecule has 3 heteroatoms. The van der Waals surface area contributed by atoms with Crippen molar-refractivity contribution < 1.29 is 0 Å². The minimum atomic E-state index is -0.155. The molecular formula is C53H35N3. The van der Waals surface area contributed by atoms with Crippen LogP contribution in [0.25, 0.3) is 104 Å². The molecule has 3 nitrogen and oxygen atoms in total. The Kier molecular flexibility index (Phi) is 6.40. The third-order valence-electron chi connectivity index (χ3n) is 12.4. The normalized spacial score (nSPS) is 13.3. The predicted octanol–water partition coefficient (Wildman–Crippen LogP) is 13.8. The van der Waals surface area contributed by atoms with E-state index in [1.165, 1.54) is 70.9 Å². The molecule has 0 unspecified atom stereocenters. The van der Waals surface area contributed by atoms with Crippen LogP contribution in [0, 0.1) is 0 Å². The van der Waals surface area contributed by atoms with Crippen molar-refractivity contribution in [2.45, 2.75) is 19.3 Å². The molecule has 2 heterocycles. The second-order valence-electron chi connectivity index (χ2n) is 15.8. The number of nitrogens with zero attached hydrogens (tertiary/aromatic N) is 3. The van der Waals surface area contributed by atoms with Gasteiger partial charge in [0.05, 0.1) is 22.2 Å². The highest BCUT2D eigenvalue weighted by atomic mass is 15.2. The summed E-state index contributed by atoms with van der Waals surface area (Å²) in [5.41, 5.74) is 12.7. The van der Waals surface area contributed by atoms with Gasteiger partial charge in [-0.3, -0.25) is 4.57 Å². The van der Waals surface area contributed by atoms with E-state index >= 15 is 0 Å². The van der Waals surface area contributed by atoms with Crippen LogP contribution in [0.4, 0.5) is 0 Å². The summed E-state index contributed by atoms with van der Waals surface area (Å²) in [5.74, 6) is 0.662. The summed E-state index contributed by atoms with van der Waals surface area (Å²) >= 11 is 0. The third kappa shape index (κ3) is 4.34. The molecule has 56 heavy (non-hydrogen) atoms. The molecule has 0 amide bonds. The van der Waals surface area contributed by atoms with E-state index in [1.807, 2.05) is 0 Å². The number of rotatable bonds is 3. The SMILES string of the molecule is CC1(C)c2cc(-c3cccc4c5cc6ccccc6cc5n(-c5nc(-c6cccc7ccccc67)c6ccccc6n5)c34)ccc2-c2c1ccc1ccccc21. The molecule has 1 aliphatic carbocycles. The number of para-hydroxylation sites is 2. The smallest absolute Gasteiger partial charge is 0.235 e. The molecule has 0 radical (unpaired) electrons. The van der Waals surface area contributed by atoms with Crippen molar-refractivity contribution in [2.75, 3.05) is 0 Å². The fraction of sp³-hybridized carbons (Fsp3) is 0.0566. The van der Waals surface area contributed by atoms with Gasteiger partial charge in [0, 0.05) is 32.7 Å². The Labute approximate surface area is 324 Å². The van der Waals surface area contributed by atoms with Crippen LogP contribution < -0.4 is 0 Å². The average molecular weight is 714 g/mol. The maximum Gasteiger partial charge on any atom is 0.235 e. The highest BCUT2D eigenvalue weighted by Gasteiger charge is 2.37. The highest BCUT2D eigenvalue weighted by Crippen LogP contribution is 2.52. The van der Waals surface area contributed by atoms with Crippen LogP contribution in [0.5, 0.6) is 0 Å². The molecule has 1 aliphatic rings. The molecule has 0 N–H and O–H groups in total. The lowest BCUT2D eigenvalue weighted by Crippen LogP contribution is -2.15. The lowest BCUT2D eigenvalue weighted by atomic mass is 9.81. The zero-order valence-electron chi connectivity index (χ0n) is 31.1. The van der Waals surface area contributed by atoms with Crippen molar-refractivity contribution in [3.8, 4) is 39.5 Å². The molecule has 0 atom stereocenters. The van der Waals surface area contributed by atoms with E-state index in [2.05, 4.69) is 194 Å². The molecular weight excluding hydrogens is 679 g/mol. The molecule has 0 fully saturated rings. The second-order valence-corrected chi connectivity index (χ2v) is 15.8. The van der Waals surface area contributed by atoms with Gasteiger partial charge in [0.25, 0.3) is 0 Å². The minimum absolute atomic E-state index is 0.155. The molecule has 0 aliphatic heterocycles. The number of fused-ring (bicyclic) bond motifs is 11. The molecule has 262 valence electrons. The van der Waals surface area contributed by atoms with Crippen molar-refractivity contribution in [2.24, 2.45) is 0 Å². The molecule has 2 aromatic heterocycles. The van der Waals surface area contributed by atoms with Crippen LogP contribution in [0.2, 0.25) is 0 Å². The first-order chi connectivity index (χ1) is 27.5. The topological polar surface area (TPSA) is 30.7 Å². The van der Waals surface area contributed by atoms with Crippen LogP contribution in [-0.4, -0.2) is 14.5 Å². The standard InChI is InChI=1S/C53H35N3/c1-53(2)45-28-26-33-14-6-8-19-38(33)49(45)42-27-25-36(30-46(42)53)39-21-12-23-41-44-29-34-15-3-4-16-35(34)31-48(44)56(51(39)41)52-54-47-24-10-9-20-43(47)50(55-52)40-22-11-17-32-13-5-7-18-37(32)40/h3-31H,1-2H3. The zero-order chi connectivity index (χ0) is 37.1. The van der Waals surface area contributed by atoms with Gasteiger partial charge in [0.15, 0.2) is 0 Å². The van der Waals surface area contributed by atoms with Gasteiger partial charge < -0.3 is 0 Å². The van der Waals surface area contributed by atoms with Crippen LogP contribution in [-0.2, 0) is 5.41 Å². The Balaban J connectivity index is 1.17. The first-order valence-corrected chi connectivity index (χ1v) is 19.4. The highest BCUT2D eigenvalue weighted by molar-refractivity contribution is 6.17. The van der Waals surface area contributed by atoms with Crippen molar-refractivity contribution in [1.82, 2.24) is 14.5 Å². The Bertz CT molecular complexity index is 3450. The summed E-state index contributed by atoms with van der Waals surface area (Å²) in [4.78, 5) is 11.0. The maximum absolute atomic E-state index is 5.57. The monoisotopic (exact) mass is 713 g/mol. The van der Waals surface area contributed by atoms with Gasteiger partial charge in [-0.2, -0.15) is 0 Å². The molecule has 0 saturated heterocycles. The van der Waals surface area contributed by atoms with Gasteiger partial charge in [-0.25, -0.2) is 9.97 Å². The molecule has 0 spiro atoms. The van der Waals surface area contributed by atoms with E-state index < -0.39 is 0 Å². The van der Waals surface area contributed by atoms with Crippen LogP contribution in [0.15, 0.2) is 176 Å². The zero-order valence-corrected chi connectivity index (χ0v) is 31.1. The number of benzene rings is 9. The summed E-state index contributed by atoms with van der Waals surface area (Å²) in [7, 11) is 0. The van der Waals surface area contributed by atoms with E-state index in [0.29, 0.717) is 5.95 Å².